The molecule has 0 aliphatic rings. The van der Waals surface area contributed by atoms with E-state index in [4.69, 9.17) is 0 Å². The van der Waals surface area contributed by atoms with Crippen LogP contribution in [0.5, 0.6) is 0 Å². The van der Waals surface area contributed by atoms with Gasteiger partial charge < -0.3 is 0 Å². The van der Waals surface area contributed by atoms with Crippen LogP contribution in [0.2, 0.25) is 0 Å². The summed E-state index contributed by atoms with van der Waals surface area (Å²) < 4.78 is 1.38. The second-order valence-electron chi connectivity index (χ2n) is 1.22. The van der Waals surface area contributed by atoms with Gasteiger partial charge in [0.25, 0.3) is 0 Å². The van der Waals surface area contributed by atoms with Crippen molar-refractivity contribution in [3.8, 4) is 0 Å². The molecule has 0 fully saturated rings. The van der Waals surface area contributed by atoms with Crippen LogP contribution >= 0.6 is 11.3 Å². The predicted octanol–water partition coefficient (Wildman–Crippen LogP) is -0.107. The molecule has 1 aromatic rings. The monoisotopic (exact) mass is 98.0 g/mol. The Morgan fingerprint density at radius 3 is 2.43 bits per heavy atom. The van der Waals surface area contributed by atoms with Crippen molar-refractivity contribution in [3.63, 3.8) is 0 Å². The molecule has 28 valence electrons. The van der Waals surface area contributed by atoms with E-state index in [0.717, 1.165) is 0 Å². The van der Waals surface area contributed by atoms with Crippen LogP contribution < -0.4 is 3.55 Å². The van der Waals surface area contributed by atoms with Gasteiger partial charge in [0, 0.05) is 0 Å². The second kappa shape index (κ2) is 3.84. The molecule has 0 aromatic carbocycles. The summed E-state index contributed by atoms with van der Waals surface area (Å²) in [6.45, 7) is 0. The summed E-state index contributed by atoms with van der Waals surface area (Å²) in [5, 5.41) is 2.08. The third-order valence-corrected chi connectivity index (χ3v) is 1.46. The van der Waals surface area contributed by atoms with Crippen molar-refractivity contribution in [1.82, 2.24) is 0 Å². The summed E-state index contributed by atoms with van der Waals surface area (Å²) in [6, 6.07) is 4.16. The van der Waals surface area contributed by atoms with E-state index in [1.807, 2.05) is 0 Å². The van der Waals surface area contributed by atoms with E-state index in [0.29, 0.717) is 0 Å². The van der Waals surface area contributed by atoms with Crippen LogP contribution in [0.15, 0.2) is 17.5 Å². The first-order chi connectivity index (χ1) is 2.89. The van der Waals surface area contributed by atoms with Crippen LogP contribution in [0.1, 0.15) is 0 Å². The molecule has 0 nitrogen and oxygen atoms in total. The Morgan fingerprint density at radius 1 is 1.57 bits per heavy atom. The first kappa shape index (κ1) is 7.89. The molecule has 0 unspecified atom stereocenters. The van der Waals surface area contributed by atoms with Crippen LogP contribution in [-0.4, -0.2) is 36.6 Å². The van der Waals surface area contributed by atoms with Crippen molar-refractivity contribution in [2.24, 2.45) is 0 Å². The zero-order valence-corrected chi connectivity index (χ0v) is 4.46. The molecule has 1 rings (SSSR count). The summed E-state index contributed by atoms with van der Waals surface area (Å²) in [4.78, 5) is 0. The predicted molar refractivity (Wildman–Crippen MR) is 36.9 cm³/mol. The first-order valence-corrected chi connectivity index (χ1v) is 2.77. The molecule has 0 amide bonds. The fraction of sp³-hybridized carbons (Fsp3) is 0. The molecule has 1 heterocycles. The zero-order chi connectivity index (χ0) is 4.41. The molecule has 0 aliphatic carbocycles. The van der Waals surface area contributed by atoms with E-state index in [1.165, 1.54) is 3.55 Å². The molecule has 0 aliphatic heterocycles. The van der Waals surface area contributed by atoms with Gasteiger partial charge in [0.05, 0.1) is 0 Å². The van der Waals surface area contributed by atoms with Gasteiger partial charge in [-0.3, -0.25) is 0 Å². The maximum absolute atomic E-state index is 2.10. The Labute approximate surface area is 68.7 Å². The van der Waals surface area contributed by atoms with Crippen molar-refractivity contribution in [2.45, 2.75) is 0 Å². The van der Waals surface area contributed by atoms with Crippen LogP contribution in [0.25, 0.3) is 0 Å². The van der Waals surface area contributed by atoms with Crippen LogP contribution in [0, 0.1) is 0 Å². The molecule has 0 spiro atoms. The number of hydrogen-bond donors (Lipinski definition) is 0. The van der Waals surface area contributed by atoms with Crippen LogP contribution in [-0.2, 0) is 0 Å². The van der Waals surface area contributed by atoms with E-state index >= 15 is 0 Å². The Kier molecular flexibility index (Phi) is 4.34. The summed E-state index contributed by atoms with van der Waals surface area (Å²) >= 11 is 3.88. The first-order valence-electron chi connectivity index (χ1n) is 1.90. The van der Waals surface area contributed by atoms with Crippen molar-refractivity contribution in [1.29, 1.82) is 0 Å². The van der Waals surface area contributed by atoms with Gasteiger partial charge in [0.1, 0.15) is 0 Å². The van der Waals surface area contributed by atoms with Gasteiger partial charge in [-0.15, -0.1) is 0 Å². The van der Waals surface area contributed by atoms with Crippen LogP contribution in [0.3, 0.4) is 0 Å². The van der Waals surface area contributed by atoms with E-state index in [1.54, 1.807) is 11.3 Å². The van der Waals surface area contributed by atoms with Gasteiger partial charge in [0.2, 0.25) is 0 Å². The number of rotatable bonds is 0. The zero-order valence-electron chi connectivity index (χ0n) is 3.64. The summed E-state index contributed by atoms with van der Waals surface area (Å²) in [6.07, 6.45) is 0. The summed E-state index contributed by atoms with van der Waals surface area (Å²) in [5.41, 5.74) is 0. The third kappa shape index (κ3) is 2.65. The molecule has 3 heteroatoms. The van der Waals surface area contributed by atoms with E-state index in [9.17, 15) is 0 Å². The van der Waals surface area contributed by atoms with Gasteiger partial charge in [-0.25, -0.2) is 0 Å². The molecule has 0 radical (unpaired) electrons. The fourth-order valence-electron chi connectivity index (χ4n) is 0.361. The van der Waals surface area contributed by atoms with E-state index in [-0.39, 0.29) is 18.9 Å². The number of hydrogen-bond acceptors (Lipinski definition) is 1. The third-order valence-electron chi connectivity index (χ3n) is 0.663. The van der Waals surface area contributed by atoms with Crippen molar-refractivity contribution in [3.05, 3.63) is 17.5 Å². The van der Waals surface area contributed by atoms with Gasteiger partial charge in [-0.05, 0) is 0 Å². The molecular weight excluding hydrogens is 94.0 g/mol. The second-order valence-corrected chi connectivity index (χ2v) is 2.38. The van der Waals surface area contributed by atoms with Gasteiger partial charge >= 0.3 is 69.0 Å². The Hall–Kier alpha value is 0.895. The number of thiophene rings is 1. The molecule has 0 N–H and O–H groups in total. The quantitative estimate of drug-likeness (QED) is 0.397. The molecule has 0 saturated heterocycles. The van der Waals surface area contributed by atoms with Gasteiger partial charge in [-0.2, -0.15) is 0 Å². The van der Waals surface area contributed by atoms with Crippen molar-refractivity contribution >= 4 is 51.5 Å². The Balaban J connectivity index is 0.000000360. The Morgan fingerprint density at radius 2 is 2.29 bits per heavy atom. The molecule has 0 saturated carbocycles. The normalized spacial score (nSPS) is 7.71. The SMILES string of the molecule is [LiH].[Li][c]1cccs1. The standard InChI is InChI=1S/C4H3S.2Li.H/c1-2-4-5-3-1;;;/h1-3H;;;. The Bertz CT molecular complexity index is 113. The summed E-state index contributed by atoms with van der Waals surface area (Å²) in [5.74, 6) is 0. The summed E-state index contributed by atoms with van der Waals surface area (Å²) in [7, 11) is 0. The van der Waals surface area contributed by atoms with Gasteiger partial charge in [-0.1, -0.05) is 0 Å². The maximum atomic E-state index is 2.10. The molecule has 1 aromatic heterocycles. The topological polar surface area (TPSA) is 0 Å². The minimum absolute atomic E-state index is 0. The molecule has 0 atom stereocenters. The van der Waals surface area contributed by atoms with E-state index in [2.05, 4.69) is 35.2 Å². The molecule has 7 heavy (non-hydrogen) atoms. The minimum atomic E-state index is 0. The molecule has 0 bridgehead atoms. The average Bonchev–Trinajstić information content (AvgIpc) is 1.86. The fourth-order valence-corrected chi connectivity index (χ4v) is 0.890. The van der Waals surface area contributed by atoms with Gasteiger partial charge in [0.15, 0.2) is 0 Å². The average molecular weight is 98.0 g/mol. The van der Waals surface area contributed by atoms with Crippen LogP contribution in [0.4, 0.5) is 0 Å². The van der Waals surface area contributed by atoms with Crippen molar-refractivity contribution in [2.75, 3.05) is 0 Å². The van der Waals surface area contributed by atoms with E-state index < -0.39 is 0 Å². The molecular formula is C4H4Li2S. The van der Waals surface area contributed by atoms with Crippen molar-refractivity contribution < 1.29 is 0 Å².